The van der Waals surface area contributed by atoms with Gasteiger partial charge in [-0.1, -0.05) is 17.7 Å². The third-order valence-electron chi connectivity index (χ3n) is 2.54. The zero-order chi connectivity index (χ0) is 13.1. The van der Waals surface area contributed by atoms with E-state index in [4.69, 9.17) is 16.7 Å². The topological polar surface area (TPSA) is 62.2 Å². The number of nitrogens with zero attached hydrogens (tertiary/aromatic N) is 1. The molecule has 4 nitrogen and oxygen atoms in total. The summed E-state index contributed by atoms with van der Waals surface area (Å²) in [5, 5.41) is 12.6. The van der Waals surface area contributed by atoms with Crippen molar-refractivity contribution in [3.05, 3.63) is 52.7 Å². The van der Waals surface area contributed by atoms with Crippen LogP contribution in [0.3, 0.4) is 0 Å². The van der Waals surface area contributed by atoms with Crippen LogP contribution in [0.25, 0.3) is 0 Å². The number of anilines is 2. The summed E-state index contributed by atoms with van der Waals surface area (Å²) in [5.74, 6) is -0.511. The molecule has 2 N–H and O–H groups in total. The molecule has 0 aliphatic heterocycles. The Bertz CT molecular complexity index is 599. The van der Waals surface area contributed by atoms with Crippen molar-refractivity contribution < 1.29 is 9.90 Å². The number of nitrogens with one attached hydrogen (secondary N) is 1. The van der Waals surface area contributed by atoms with Gasteiger partial charge in [0.25, 0.3) is 0 Å². The number of rotatable bonds is 3. The van der Waals surface area contributed by atoms with Crippen LogP contribution in [-0.2, 0) is 0 Å². The maximum atomic E-state index is 10.8. The van der Waals surface area contributed by atoms with Crippen molar-refractivity contribution in [2.45, 2.75) is 6.92 Å². The maximum Gasteiger partial charge on any atom is 0.335 e. The largest absolute Gasteiger partial charge is 0.478 e. The average Bonchev–Trinajstić information content (AvgIpc) is 2.35. The summed E-state index contributed by atoms with van der Waals surface area (Å²) in [6.45, 7) is 1.88. The molecular weight excluding hydrogens is 252 g/mol. The summed E-state index contributed by atoms with van der Waals surface area (Å²) in [7, 11) is 0. The van der Waals surface area contributed by atoms with Gasteiger partial charge in [-0.05, 0) is 36.8 Å². The van der Waals surface area contributed by atoms with Crippen LogP contribution in [-0.4, -0.2) is 16.1 Å². The first-order valence-corrected chi connectivity index (χ1v) is 5.67. The van der Waals surface area contributed by atoms with Crippen molar-refractivity contribution in [2.24, 2.45) is 0 Å². The van der Waals surface area contributed by atoms with E-state index in [-0.39, 0.29) is 5.56 Å². The second-order valence-electron chi connectivity index (χ2n) is 3.77. The van der Waals surface area contributed by atoms with Gasteiger partial charge in [-0.25, -0.2) is 9.78 Å². The highest BCUT2D eigenvalue weighted by Crippen LogP contribution is 2.25. The molecule has 0 aliphatic rings. The maximum absolute atomic E-state index is 10.8. The van der Waals surface area contributed by atoms with E-state index in [2.05, 4.69) is 10.3 Å². The van der Waals surface area contributed by atoms with E-state index in [1.165, 1.54) is 18.3 Å². The second-order valence-corrected chi connectivity index (χ2v) is 4.18. The first-order valence-electron chi connectivity index (χ1n) is 5.29. The number of benzene rings is 1. The van der Waals surface area contributed by atoms with Crippen LogP contribution in [0, 0.1) is 6.92 Å². The predicted octanol–water partition coefficient (Wildman–Crippen LogP) is 3.49. The van der Waals surface area contributed by atoms with Gasteiger partial charge in [-0.2, -0.15) is 0 Å². The average molecular weight is 263 g/mol. The van der Waals surface area contributed by atoms with E-state index < -0.39 is 5.97 Å². The van der Waals surface area contributed by atoms with Gasteiger partial charge >= 0.3 is 5.97 Å². The number of hydrogen-bond donors (Lipinski definition) is 2. The molecule has 0 unspecified atom stereocenters. The molecular formula is C13H11ClN2O2. The lowest BCUT2D eigenvalue weighted by atomic mass is 10.2. The van der Waals surface area contributed by atoms with E-state index in [1.807, 2.05) is 19.1 Å². The lowest BCUT2D eigenvalue weighted by molar-refractivity contribution is 0.0697. The van der Waals surface area contributed by atoms with Crippen molar-refractivity contribution in [1.82, 2.24) is 4.98 Å². The molecule has 5 heteroatoms. The molecule has 0 radical (unpaired) electrons. The van der Waals surface area contributed by atoms with Gasteiger partial charge in [-0.15, -0.1) is 0 Å². The second kappa shape index (κ2) is 5.06. The molecule has 2 rings (SSSR count). The predicted molar refractivity (Wildman–Crippen MR) is 70.7 cm³/mol. The van der Waals surface area contributed by atoms with Gasteiger partial charge in [0.05, 0.1) is 5.56 Å². The first-order chi connectivity index (χ1) is 8.58. The Labute approximate surface area is 109 Å². The summed E-state index contributed by atoms with van der Waals surface area (Å²) in [5.41, 5.74) is 1.88. The molecule has 0 aliphatic carbocycles. The minimum atomic E-state index is -0.983. The number of pyridine rings is 1. The molecule has 18 heavy (non-hydrogen) atoms. The van der Waals surface area contributed by atoms with Crippen molar-refractivity contribution in [3.63, 3.8) is 0 Å². The summed E-state index contributed by atoms with van der Waals surface area (Å²) in [6.07, 6.45) is 1.45. The van der Waals surface area contributed by atoms with Crippen LogP contribution in [0.4, 0.5) is 11.5 Å². The Kier molecular flexibility index (Phi) is 3.48. The van der Waals surface area contributed by atoms with Crippen molar-refractivity contribution in [3.8, 4) is 0 Å². The van der Waals surface area contributed by atoms with Crippen LogP contribution in [0.15, 0.2) is 36.5 Å². The molecule has 0 spiro atoms. The lowest BCUT2D eigenvalue weighted by Gasteiger charge is -2.10. The summed E-state index contributed by atoms with van der Waals surface area (Å²) < 4.78 is 0. The van der Waals surface area contributed by atoms with Crippen molar-refractivity contribution >= 4 is 29.1 Å². The number of aromatic nitrogens is 1. The van der Waals surface area contributed by atoms with Crippen LogP contribution >= 0.6 is 11.6 Å². The molecule has 0 bridgehead atoms. The normalized spacial score (nSPS) is 10.1. The number of carboxylic acid groups (broad SMARTS) is 1. The summed E-state index contributed by atoms with van der Waals surface area (Å²) in [6, 6.07) is 8.39. The van der Waals surface area contributed by atoms with Gasteiger partial charge < -0.3 is 10.4 Å². The standard InChI is InChI=1S/C13H11ClN2O2/c1-8-10(14)3-2-4-11(8)16-12-7-9(13(17)18)5-6-15-12/h2-7H,1H3,(H,15,16)(H,17,18). The van der Waals surface area contributed by atoms with Gasteiger partial charge in [0.2, 0.25) is 0 Å². The number of halogens is 1. The Morgan fingerprint density at radius 2 is 2.17 bits per heavy atom. The van der Waals surface area contributed by atoms with Crippen molar-refractivity contribution in [2.75, 3.05) is 5.32 Å². The zero-order valence-electron chi connectivity index (χ0n) is 9.64. The third-order valence-corrected chi connectivity index (χ3v) is 2.95. The number of carbonyl (C=O) groups is 1. The van der Waals surface area contributed by atoms with Gasteiger partial charge in [0.1, 0.15) is 5.82 Å². The van der Waals surface area contributed by atoms with E-state index in [9.17, 15) is 4.79 Å². The number of hydrogen-bond acceptors (Lipinski definition) is 3. The Hall–Kier alpha value is -2.07. The molecule has 1 aromatic carbocycles. The molecule has 0 saturated carbocycles. The highest BCUT2D eigenvalue weighted by atomic mass is 35.5. The number of carboxylic acids is 1. The van der Waals surface area contributed by atoms with Crippen LogP contribution in [0.5, 0.6) is 0 Å². The number of aromatic carboxylic acids is 1. The fourth-order valence-electron chi connectivity index (χ4n) is 1.51. The van der Waals surface area contributed by atoms with Crippen LogP contribution < -0.4 is 5.32 Å². The first kappa shape index (κ1) is 12.4. The fraction of sp³-hybridized carbons (Fsp3) is 0.0769. The van der Waals surface area contributed by atoms with Crippen LogP contribution in [0.2, 0.25) is 5.02 Å². The van der Waals surface area contributed by atoms with Gasteiger partial charge in [0, 0.05) is 16.9 Å². The minimum Gasteiger partial charge on any atom is -0.478 e. The molecule has 92 valence electrons. The summed E-state index contributed by atoms with van der Waals surface area (Å²) >= 11 is 6.01. The Morgan fingerprint density at radius 1 is 1.39 bits per heavy atom. The quantitative estimate of drug-likeness (QED) is 0.889. The third kappa shape index (κ3) is 2.60. The molecule has 0 atom stereocenters. The highest BCUT2D eigenvalue weighted by Gasteiger charge is 2.06. The van der Waals surface area contributed by atoms with Crippen LogP contribution in [0.1, 0.15) is 15.9 Å². The zero-order valence-corrected chi connectivity index (χ0v) is 10.4. The Morgan fingerprint density at radius 3 is 2.89 bits per heavy atom. The molecule has 0 fully saturated rings. The van der Waals surface area contributed by atoms with E-state index >= 15 is 0 Å². The molecule has 0 amide bonds. The highest BCUT2D eigenvalue weighted by molar-refractivity contribution is 6.31. The van der Waals surface area contributed by atoms with E-state index in [0.29, 0.717) is 10.8 Å². The minimum absolute atomic E-state index is 0.187. The monoisotopic (exact) mass is 262 g/mol. The van der Waals surface area contributed by atoms with E-state index in [1.54, 1.807) is 6.07 Å². The fourth-order valence-corrected chi connectivity index (χ4v) is 1.69. The molecule has 2 aromatic rings. The molecule has 0 saturated heterocycles. The summed E-state index contributed by atoms with van der Waals surface area (Å²) in [4.78, 5) is 14.9. The Balaban J connectivity index is 2.31. The van der Waals surface area contributed by atoms with Crippen molar-refractivity contribution in [1.29, 1.82) is 0 Å². The molecule has 1 aromatic heterocycles. The molecule has 1 heterocycles. The smallest absolute Gasteiger partial charge is 0.335 e. The van der Waals surface area contributed by atoms with Gasteiger partial charge in [0.15, 0.2) is 0 Å². The SMILES string of the molecule is Cc1c(Cl)cccc1Nc1cc(C(=O)O)ccn1. The van der Waals surface area contributed by atoms with Gasteiger partial charge in [-0.3, -0.25) is 0 Å². The lowest BCUT2D eigenvalue weighted by Crippen LogP contribution is -2.00. The van der Waals surface area contributed by atoms with E-state index in [0.717, 1.165) is 11.3 Å².